The molecule has 1 aromatic heterocycles. The van der Waals surface area contributed by atoms with Gasteiger partial charge in [-0.25, -0.2) is 0 Å². The summed E-state index contributed by atoms with van der Waals surface area (Å²) in [6, 6.07) is 13.3. The molecular weight excluding hydrogens is 254 g/mol. The van der Waals surface area contributed by atoms with Crippen LogP contribution in [-0.4, -0.2) is 4.98 Å². The van der Waals surface area contributed by atoms with Crippen LogP contribution < -0.4 is 0 Å². The third-order valence-corrected chi connectivity index (χ3v) is 4.40. The molecule has 0 atom stereocenters. The van der Waals surface area contributed by atoms with Gasteiger partial charge in [0, 0.05) is 18.0 Å². The number of aromatic nitrogens is 1. The highest BCUT2D eigenvalue weighted by atomic mass is 14.7. The van der Waals surface area contributed by atoms with Crippen molar-refractivity contribution in [2.75, 3.05) is 0 Å². The lowest BCUT2D eigenvalue weighted by Crippen LogP contribution is -1.96. The van der Waals surface area contributed by atoms with Gasteiger partial charge >= 0.3 is 0 Å². The minimum Gasteiger partial charge on any atom is -0.260 e. The zero-order valence-electron chi connectivity index (χ0n) is 13.2. The van der Waals surface area contributed by atoms with Gasteiger partial charge < -0.3 is 0 Å². The van der Waals surface area contributed by atoms with Gasteiger partial charge in [-0.3, -0.25) is 4.98 Å². The second-order valence-electron chi connectivity index (χ2n) is 6.01. The Kier molecular flexibility index (Phi) is 3.50. The zero-order chi connectivity index (χ0) is 15.0. The van der Waals surface area contributed by atoms with Crippen molar-refractivity contribution >= 4 is 10.8 Å². The van der Waals surface area contributed by atoms with Crippen molar-refractivity contribution in [1.29, 1.82) is 0 Å². The Hall–Kier alpha value is -2.15. The number of rotatable bonds is 2. The predicted molar refractivity (Wildman–Crippen MR) is 89.9 cm³/mol. The molecule has 1 heterocycles. The molecule has 0 saturated carbocycles. The molecule has 0 spiro atoms. The Morgan fingerprint density at radius 3 is 2.24 bits per heavy atom. The summed E-state index contributed by atoms with van der Waals surface area (Å²) in [4.78, 5) is 4.63. The summed E-state index contributed by atoms with van der Waals surface area (Å²) in [6.07, 6.45) is 2.81. The van der Waals surface area contributed by atoms with Crippen LogP contribution in [0.4, 0.5) is 0 Å². The maximum absolute atomic E-state index is 4.63. The van der Waals surface area contributed by atoms with Gasteiger partial charge in [-0.15, -0.1) is 0 Å². The van der Waals surface area contributed by atoms with Crippen molar-refractivity contribution in [3.8, 4) is 0 Å². The molecule has 0 amide bonds. The molecule has 0 aliphatic rings. The van der Waals surface area contributed by atoms with E-state index in [1.165, 1.54) is 44.3 Å². The largest absolute Gasteiger partial charge is 0.260 e. The third-order valence-electron chi connectivity index (χ3n) is 4.40. The fourth-order valence-corrected chi connectivity index (χ4v) is 2.75. The second kappa shape index (κ2) is 5.33. The van der Waals surface area contributed by atoms with Crippen molar-refractivity contribution in [2.24, 2.45) is 0 Å². The lowest BCUT2D eigenvalue weighted by atomic mass is 9.98. The molecule has 0 radical (unpaired) electrons. The number of pyridine rings is 1. The van der Waals surface area contributed by atoms with Crippen LogP contribution in [0.25, 0.3) is 10.8 Å². The van der Waals surface area contributed by atoms with E-state index in [9.17, 15) is 0 Å². The second-order valence-corrected chi connectivity index (χ2v) is 6.01. The quantitative estimate of drug-likeness (QED) is 0.637. The van der Waals surface area contributed by atoms with Gasteiger partial charge in [0.05, 0.1) is 5.69 Å². The van der Waals surface area contributed by atoms with Crippen LogP contribution in [0.1, 0.15) is 33.5 Å². The summed E-state index contributed by atoms with van der Waals surface area (Å²) in [7, 11) is 0. The number of hydrogen-bond donors (Lipinski definition) is 0. The lowest BCUT2D eigenvalue weighted by molar-refractivity contribution is 1.09. The van der Waals surface area contributed by atoms with E-state index in [0.29, 0.717) is 0 Å². The van der Waals surface area contributed by atoms with Crippen LogP contribution in [0, 0.1) is 27.7 Å². The van der Waals surface area contributed by atoms with Gasteiger partial charge in [0.1, 0.15) is 0 Å². The number of nitrogens with zero attached hydrogens (tertiary/aromatic N) is 1. The first-order valence-electron chi connectivity index (χ1n) is 7.45. The first-order chi connectivity index (χ1) is 10.0. The standard InChI is InChI=1S/C20H21N/c1-13-5-6-17(9-14(13)2)12-20-19-11-16(4)15(3)10-18(19)7-8-21-20/h5-11H,12H2,1-4H3. The maximum atomic E-state index is 4.63. The van der Waals surface area contributed by atoms with Crippen LogP contribution >= 0.6 is 0 Å². The van der Waals surface area contributed by atoms with E-state index in [1.54, 1.807) is 0 Å². The number of hydrogen-bond acceptors (Lipinski definition) is 1. The third kappa shape index (κ3) is 2.69. The summed E-state index contributed by atoms with van der Waals surface area (Å²) in [6.45, 7) is 8.66. The molecule has 0 aliphatic carbocycles. The van der Waals surface area contributed by atoms with Gasteiger partial charge in [-0.1, -0.05) is 24.3 Å². The average Bonchev–Trinajstić information content (AvgIpc) is 2.45. The van der Waals surface area contributed by atoms with Crippen molar-refractivity contribution in [2.45, 2.75) is 34.1 Å². The van der Waals surface area contributed by atoms with Crippen LogP contribution in [0.3, 0.4) is 0 Å². The highest BCUT2D eigenvalue weighted by molar-refractivity contribution is 5.86. The van der Waals surface area contributed by atoms with Crippen molar-refractivity contribution < 1.29 is 0 Å². The molecule has 21 heavy (non-hydrogen) atoms. The van der Waals surface area contributed by atoms with Gasteiger partial charge in [-0.05, 0) is 73.0 Å². The molecule has 1 nitrogen and oxygen atoms in total. The van der Waals surface area contributed by atoms with Crippen LogP contribution in [0.5, 0.6) is 0 Å². The molecular formula is C20H21N. The fraction of sp³-hybridized carbons (Fsp3) is 0.250. The topological polar surface area (TPSA) is 12.9 Å². The van der Waals surface area contributed by atoms with E-state index in [2.05, 4.69) is 69.1 Å². The highest BCUT2D eigenvalue weighted by Gasteiger charge is 2.06. The van der Waals surface area contributed by atoms with Crippen LogP contribution in [-0.2, 0) is 6.42 Å². The molecule has 2 aromatic carbocycles. The molecule has 0 N–H and O–H groups in total. The maximum Gasteiger partial charge on any atom is 0.0525 e. The van der Waals surface area contributed by atoms with Gasteiger partial charge in [0.2, 0.25) is 0 Å². The smallest absolute Gasteiger partial charge is 0.0525 e. The minimum atomic E-state index is 0.890. The lowest BCUT2D eigenvalue weighted by Gasteiger charge is -2.10. The van der Waals surface area contributed by atoms with E-state index in [4.69, 9.17) is 0 Å². The zero-order valence-corrected chi connectivity index (χ0v) is 13.2. The van der Waals surface area contributed by atoms with E-state index in [0.717, 1.165) is 6.42 Å². The Bertz CT molecular complexity index is 815. The normalized spacial score (nSPS) is 11.0. The van der Waals surface area contributed by atoms with Crippen molar-refractivity contribution in [1.82, 2.24) is 4.98 Å². The van der Waals surface area contributed by atoms with E-state index < -0.39 is 0 Å². The van der Waals surface area contributed by atoms with Gasteiger partial charge in [-0.2, -0.15) is 0 Å². The Morgan fingerprint density at radius 1 is 0.762 bits per heavy atom. The Labute approximate surface area is 126 Å². The summed E-state index contributed by atoms with van der Waals surface area (Å²) in [5.74, 6) is 0. The highest BCUT2D eigenvalue weighted by Crippen LogP contribution is 2.23. The minimum absolute atomic E-state index is 0.890. The molecule has 106 valence electrons. The van der Waals surface area contributed by atoms with Gasteiger partial charge in [0.15, 0.2) is 0 Å². The number of fused-ring (bicyclic) bond motifs is 1. The monoisotopic (exact) mass is 275 g/mol. The molecule has 3 aromatic rings. The van der Waals surface area contributed by atoms with Gasteiger partial charge in [0.25, 0.3) is 0 Å². The molecule has 0 fully saturated rings. The summed E-state index contributed by atoms with van der Waals surface area (Å²) < 4.78 is 0. The molecule has 0 bridgehead atoms. The van der Waals surface area contributed by atoms with E-state index in [-0.39, 0.29) is 0 Å². The fourth-order valence-electron chi connectivity index (χ4n) is 2.75. The summed E-state index contributed by atoms with van der Waals surface area (Å²) >= 11 is 0. The molecule has 0 saturated heterocycles. The molecule has 1 heteroatoms. The SMILES string of the molecule is Cc1ccc(Cc2nccc3cc(C)c(C)cc23)cc1C. The van der Waals surface area contributed by atoms with Crippen LogP contribution in [0.15, 0.2) is 42.6 Å². The van der Waals surface area contributed by atoms with Crippen LogP contribution in [0.2, 0.25) is 0 Å². The Morgan fingerprint density at radius 2 is 1.48 bits per heavy atom. The van der Waals surface area contributed by atoms with Crippen molar-refractivity contribution in [3.63, 3.8) is 0 Å². The average molecular weight is 275 g/mol. The molecule has 0 unspecified atom stereocenters. The van der Waals surface area contributed by atoms with E-state index >= 15 is 0 Å². The predicted octanol–water partition coefficient (Wildman–Crippen LogP) is 5.06. The van der Waals surface area contributed by atoms with E-state index in [1.807, 2.05) is 6.20 Å². The Balaban J connectivity index is 2.07. The summed E-state index contributed by atoms with van der Waals surface area (Å²) in [5.41, 5.74) is 7.86. The number of aryl methyl sites for hydroxylation is 4. The molecule has 3 rings (SSSR count). The first-order valence-corrected chi connectivity index (χ1v) is 7.45. The first kappa shape index (κ1) is 13.8. The molecule has 0 aliphatic heterocycles. The summed E-state index contributed by atoms with van der Waals surface area (Å²) in [5, 5.41) is 2.56. The van der Waals surface area contributed by atoms with Crippen molar-refractivity contribution in [3.05, 3.63) is 76.1 Å². The number of benzene rings is 2.